The fraction of sp³-hybridized carbons (Fsp3) is 0.611. The number of rotatable bonds is 6. The van der Waals surface area contributed by atoms with E-state index in [9.17, 15) is 13.2 Å². The molecule has 2 saturated heterocycles. The predicted molar refractivity (Wildman–Crippen MR) is 97.4 cm³/mol. The minimum Gasteiger partial charge on any atom is -0.354 e. The van der Waals surface area contributed by atoms with Crippen molar-refractivity contribution in [1.82, 2.24) is 14.9 Å². The van der Waals surface area contributed by atoms with E-state index in [0.717, 1.165) is 37.8 Å². The minimum atomic E-state index is -3.32. The molecule has 0 aliphatic carbocycles. The molecule has 138 valence electrons. The van der Waals surface area contributed by atoms with Crippen molar-refractivity contribution in [2.45, 2.75) is 37.5 Å². The van der Waals surface area contributed by atoms with Gasteiger partial charge in [0.15, 0.2) is 0 Å². The SMILES string of the molecule is O=C(NCC1CCCN(S(=O)(=O)Cc2ccccc2)C1)C1CCCN1. The van der Waals surface area contributed by atoms with Crippen molar-refractivity contribution < 1.29 is 13.2 Å². The summed E-state index contributed by atoms with van der Waals surface area (Å²) >= 11 is 0. The Morgan fingerprint density at radius 3 is 2.72 bits per heavy atom. The molecule has 0 bridgehead atoms. The van der Waals surface area contributed by atoms with Gasteiger partial charge in [-0.15, -0.1) is 0 Å². The van der Waals surface area contributed by atoms with Gasteiger partial charge in [0.2, 0.25) is 15.9 Å². The highest BCUT2D eigenvalue weighted by atomic mass is 32.2. The number of hydrogen-bond donors (Lipinski definition) is 2. The molecule has 1 aromatic carbocycles. The first-order chi connectivity index (χ1) is 12.0. The Labute approximate surface area is 150 Å². The molecular formula is C18H27N3O3S. The summed E-state index contributed by atoms with van der Waals surface area (Å²) in [5.74, 6) is 0.269. The molecule has 2 unspecified atom stereocenters. The maximum absolute atomic E-state index is 12.7. The third-order valence-corrected chi connectivity index (χ3v) is 6.83. The molecule has 1 aromatic rings. The Hall–Kier alpha value is -1.44. The summed E-state index contributed by atoms with van der Waals surface area (Å²) in [6.45, 7) is 2.51. The van der Waals surface area contributed by atoms with Crippen molar-refractivity contribution in [3.05, 3.63) is 35.9 Å². The summed E-state index contributed by atoms with van der Waals surface area (Å²) in [5.41, 5.74) is 0.810. The number of carbonyl (C=O) groups is 1. The maximum Gasteiger partial charge on any atom is 0.237 e. The van der Waals surface area contributed by atoms with Crippen LogP contribution in [-0.2, 0) is 20.6 Å². The molecule has 2 aliphatic rings. The highest BCUT2D eigenvalue weighted by Gasteiger charge is 2.30. The predicted octanol–water partition coefficient (Wildman–Crippen LogP) is 1.10. The Morgan fingerprint density at radius 2 is 2.00 bits per heavy atom. The van der Waals surface area contributed by atoms with Crippen LogP contribution in [0.5, 0.6) is 0 Å². The number of hydrogen-bond acceptors (Lipinski definition) is 4. The smallest absolute Gasteiger partial charge is 0.237 e. The highest BCUT2D eigenvalue weighted by Crippen LogP contribution is 2.21. The zero-order valence-corrected chi connectivity index (χ0v) is 15.3. The fourth-order valence-electron chi connectivity index (χ4n) is 3.60. The molecule has 2 fully saturated rings. The van der Waals surface area contributed by atoms with Crippen LogP contribution in [0.25, 0.3) is 0 Å². The molecule has 2 N–H and O–H groups in total. The van der Waals surface area contributed by atoms with Crippen LogP contribution in [0.3, 0.4) is 0 Å². The van der Waals surface area contributed by atoms with Crippen LogP contribution in [0.2, 0.25) is 0 Å². The molecule has 0 aromatic heterocycles. The van der Waals surface area contributed by atoms with Crippen LogP contribution < -0.4 is 10.6 Å². The molecule has 0 saturated carbocycles. The number of carbonyl (C=O) groups excluding carboxylic acids is 1. The minimum absolute atomic E-state index is 0.0406. The number of amides is 1. The fourth-order valence-corrected chi connectivity index (χ4v) is 5.24. The summed E-state index contributed by atoms with van der Waals surface area (Å²) in [5, 5.41) is 6.18. The summed E-state index contributed by atoms with van der Waals surface area (Å²) < 4.78 is 26.9. The van der Waals surface area contributed by atoms with Crippen molar-refractivity contribution >= 4 is 15.9 Å². The first-order valence-electron chi connectivity index (χ1n) is 9.07. The van der Waals surface area contributed by atoms with Gasteiger partial charge in [-0.25, -0.2) is 12.7 Å². The summed E-state index contributed by atoms with van der Waals surface area (Å²) in [6.07, 6.45) is 3.72. The molecule has 2 heterocycles. The van der Waals surface area contributed by atoms with Gasteiger partial charge in [-0.2, -0.15) is 0 Å². The van der Waals surface area contributed by atoms with E-state index in [1.54, 1.807) is 4.31 Å². The lowest BCUT2D eigenvalue weighted by Gasteiger charge is -2.32. The summed E-state index contributed by atoms with van der Waals surface area (Å²) in [7, 11) is -3.32. The molecule has 2 atom stereocenters. The van der Waals surface area contributed by atoms with Crippen molar-refractivity contribution in [3.63, 3.8) is 0 Å². The van der Waals surface area contributed by atoms with Gasteiger partial charge in [0, 0.05) is 19.6 Å². The molecule has 3 rings (SSSR count). The number of benzene rings is 1. The van der Waals surface area contributed by atoms with E-state index in [-0.39, 0.29) is 23.6 Å². The van der Waals surface area contributed by atoms with Gasteiger partial charge in [-0.3, -0.25) is 4.79 Å². The number of sulfonamides is 1. The zero-order valence-electron chi connectivity index (χ0n) is 14.5. The Bertz CT molecular complexity index is 672. The Kier molecular flexibility index (Phi) is 6.09. The van der Waals surface area contributed by atoms with Crippen LogP contribution in [0.1, 0.15) is 31.2 Å². The standard InChI is InChI=1S/C18H27N3O3S/c22-18(17-9-4-10-19-17)20-12-16-8-5-11-21(13-16)25(23,24)14-15-6-2-1-3-7-15/h1-3,6-7,16-17,19H,4-5,8-14H2,(H,20,22). The van der Waals surface area contributed by atoms with Gasteiger partial charge in [0.25, 0.3) is 0 Å². The Balaban J connectivity index is 1.52. The largest absolute Gasteiger partial charge is 0.354 e. The van der Waals surface area contributed by atoms with Crippen LogP contribution in [0.15, 0.2) is 30.3 Å². The van der Waals surface area contributed by atoms with E-state index in [2.05, 4.69) is 10.6 Å². The Morgan fingerprint density at radius 1 is 1.20 bits per heavy atom. The number of nitrogens with one attached hydrogen (secondary N) is 2. The van der Waals surface area contributed by atoms with Gasteiger partial charge < -0.3 is 10.6 Å². The van der Waals surface area contributed by atoms with Crippen molar-refractivity contribution in [1.29, 1.82) is 0 Å². The van der Waals surface area contributed by atoms with E-state index >= 15 is 0 Å². The number of nitrogens with zero attached hydrogens (tertiary/aromatic N) is 1. The van der Waals surface area contributed by atoms with Gasteiger partial charge in [-0.05, 0) is 43.7 Å². The quantitative estimate of drug-likeness (QED) is 0.791. The van der Waals surface area contributed by atoms with Crippen LogP contribution >= 0.6 is 0 Å². The molecule has 0 radical (unpaired) electrons. The molecule has 0 spiro atoms. The molecular weight excluding hydrogens is 338 g/mol. The van der Waals surface area contributed by atoms with Gasteiger partial charge in [-0.1, -0.05) is 30.3 Å². The van der Waals surface area contributed by atoms with E-state index in [1.165, 1.54) is 0 Å². The third kappa shape index (κ3) is 5.03. The third-order valence-electron chi connectivity index (χ3n) is 5.01. The van der Waals surface area contributed by atoms with E-state index in [1.807, 2.05) is 30.3 Å². The lowest BCUT2D eigenvalue weighted by Crippen LogP contribution is -2.46. The molecule has 7 heteroatoms. The second-order valence-corrected chi connectivity index (χ2v) is 8.97. The molecule has 6 nitrogen and oxygen atoms in total. The topological polar surface area (TPSA) is 78.5 Å². The van der Waals surface area contributed by atoms with Gasteiger partial charge in [0.05, 0.1) is 11.8 Å². The van der Waals surface area contributed by atoms with Crippen molar-refractivity contribution in [3.8, 4) is 0 Å². The second-order valence-electron chi connectivity index (χ2n) is 7.00. The van der Waals surface area contributed by atoms with Crippen molar-refractivity contribution in [2.24, 2.45) is 5.92 Å². The van der Waals surface area contributed by atoms with Gasteiger partial charge in [0.1, 0.15) is 0 Å². The average molecular weight is 365 g/mol. The van der Waals surface area contributed by atoms with Crippen LogP contribution in [0.4, 0.5) is 0 Å². The lowest BCUT2D eigenvalue weighted by atomic mass is 9.99. The van der Waals surface area contributed by atoms with Crippen LogP contribution in [-0.4, -0.2) is 50.9 Å². The van der Waals surface area contributed by atoms with Crippen LogP contribution in [0, 0.1) is 5.92 Å². The lowest BCUT2D eigenvalue weighted by molar-refractivity contribution is -0.123. The number of piperidine rings is 1. The van der Waals surface area contributed by atoms with Crippen molar-refractivity contribution in [2.75, 3.05) is 26.2 Å². The first-order valence-corrected chi connectivity index (χ1v) is 10.7. The second kappa shape index (κ2) is 8.29. The molecule has 25 heavy (non-hydrogen) atoms. The maximum atomic E-state index is 12.7. The first kappa shape index (κ1) is 18.4. The van der Waals surface area contributed by atoms with E-state index in [0.29, 0.717) is 19.6 Å². The monoisotopic (exact) mass is 365 g/mol. The van der Waals surface area contributed by atoms with E-state index in [4.69, 9.17) is 0 Å². The molecule has 2 aliphatic heterocycles. The average Bonchev–Trinajstić information content (AvgIpc) is 3.15. The summed E-state index contributed by atoms with van der Waals surface area (Å²) in [4.78, 5) is 12.1. The van der Waals surface area contributed by atoms with E-state index < -0.39 is 10.0 Å². The zero-order chi connectivity index (χ0) is 17.7. The highest BCUT2D eigenvalue weighted by molar-refractivity contribution is 7.88. The summed E-state index contributed by atoms with van der Waals surface area (Å²) in [6, 6.07) is 9.20. The van der Waals surface area contributed by atoms with Gasteiger partial charge >= 0.3 is 0 Å². The normalized spacial score (nSPS) is 25.0. The molecule has 1 amide bonds.